The summed E-state index contributed by atoms with van der Waals surface area (Å²) < 4.78 is 0. The quantitative estimate of drug-likeness (QED) is 0.683. The highest BCUT2D eigenvalue weighted by Gasteiger charge is 2.18. The second-order valence-corrected chi connectivity index (χ2v) is 2.88. The van der Waals surface area contributed by atoms with Crippen molar-refractivity contribution in [1.29, 1.82) is 0 Å². The first kappa shape index (κ1) is 11.9. The average Bonchev–Trinajstić information content (AvgIpc) is 1.62. The lowest BCUT2D eigenvalue weighted by molar-refractivity contribution is -0.124. The van der Waals surface area contributed by atoms with Crippen LogP contribution in [0.5, 0.6) is 0 Å². The fourth-order valence-electron chi connectivity index (χ4n) is 0.306. The van der Waals surface area contributed by atoms with Crippen molar-refractivity contribution in [2.75, 3.05) is 6.54 Å². The molecule has 2 nitrogen and oxygen atoms in total. The van der Waals surface area contributed by atoms with Crippen LogP contribution >= 0.6 is 17.0 Å². The van der Waals surface area contributed by atoms with Crippen molar-refractivity contribution < 1.29 is 4.79 Å². The van der Waals surface area contributed by atoms with Crippen molar-refractivity contribution in [3.8, 4) is 0 Å². The molecule has 0 atom stereocenters. The third-order valence-corrected chi connectivity index (χ3v) is 1.02. The molecule has 56 valence electrons. The van der Waals surface area contributed by atoms with Gasteiger partial charge in [0.05, 0.1) is 6.54 Å². The molecule has 0 rings (SSSR count). The Balaban J connectivity index is 0. The second-order valence-electron chi connectivity index (χ2n) is 2.88. The van der Waals surface area contributed by atoms with Gasteiger partial charge in [0.1, 0.15) is 0 Å². The zero-order valence-corrected chi connectivity index (χ0v) is 7.81. The van der Waals surface area contributed by atoms with Crippen LogP contribution in [0.25, 0.3) is 0 Å². The number of ketones is 1. The van der Waals surface area contributed by atoms with E-state index in [4.69, 9.17) is 5.73 Å². The Hall–Kier alpha value is 0.110. The Morgan fingerprint density at radius 2 is 1.78 bits per heavy atom. The Morgan fingerprint density at radius 1 is 1.44 bits per heavy atom. The maximum absolute atomic E-state index is 10.7. The van der Waals surface area contributed by atoms with Gasteiger partial charge >= 0.3 is 0 Å². The van der Waals surface area contributed by atoms with E-state index in [1.165, 1.54) is 0 Å². The van der Waals surface area contributed by atoms with E-state index < -0.39 is 0 Å². The predicted molar refractivity (Wildman–Crippen MR) is 43.8 cm³/mol. The second kappa shape index (κ2) is 4.01. The molecule has 0 aliphatic carbocycles. The topological polar surface area (TPSA) is 43.1 Å². The van der Waals surface area contributed by atoms with E-state index in [2.05, 4.69) is 0 Å². The summed E-state index contributed by atoms with van der Waals surface area (Å²) in [5.74, 6) is 0.109. The van der Waals surface area contributed by atoms with Crippen LogP contribution in [0.15, 0.2) is 0 Å². The van der Waals surface area contributed by atoms with Crippen LogP contribution in [-0.2, 0) is 4.79 Å². The van der Waals surface area contributed by atoms with Gasteiger partial charge < -0.3 is 5.73 Å². The molecule has 0 saturated carbocycles. The molecule has 0 aliphatic heterocycles. The van der Waals surface area contributed by atoms with Gasteiger partial charge in [-0.15, -0.1) is 17.0 Å². The Labute approximate surface area is 66.6 Å². The average molecular weight is 196 g/mol. The molecule has 0 aromatic carbocycles. The molecule has 0 aromatic heterocycles. The van der Waals surface area contributed by atoms with Crippen LogP contribution < -0.4 is 5.73 Å². The van der Waals surface area contributed by atoms with Crippen molar-refractivity contribution >= 4 is 22.8 Å². The molecule has 0 saturated heterocycles. The molecule has 0 fully saturated rings. The number of rotatable bonds is 1. The fraction of sp³-hybridized carbons (Fsp3) is 0.833. The van der Waals surface area contributed by atoms with E-state index >= 15 is 0 Å². The van der Waals surface area contributed by atoms with Gasteiger partial charge in [0, 0.05) is 5.41 Å². The normalized spacial score (nSPS) is 10.2. The first-order valence-corrected chi connectivity index (χ1v) is 2.72. The maximum Gasteiger partial charge on any atom is 0.151 e. The summed E-state index contributed by atoms with van der Waals surface area (Å²) in [6.45, 7) is 5.75. The molecule has 0 aromatic rings. The van der Waals surface area contributed by atoms with Crippen LogP contribution in [0.4, 0.5) is 0 Å². The van der Waals surface area contributed by atoms with E-state index in [1.54, 1.807) is 0 Å². The molecule has 0 aliphatic rings. The van der Waals surface area contributed by atoms with Crippen molar-refractivity contribution in [2.45, 2.75) is 20.8 Å². The van der Waals surface area contributed by atoms with Crippen LogP contribution in [0.3, 0.4) is 0 Å². The van der Waals surface area contributed by atoms with E-state index in [1.807, 2.05) is 20.8 Å². The molecule has 0 radical (unpaired) electrons. The predicted octanol–water partition coefficient (Wildman–Crippen LogP) is 1.14. The Morgan fingerprint density at radius 3 is 1.78 bits per heavy atom. The van der Waals surface area contributed by atoms with Crippen molar-refractivity contribution in [3.05, 3.63) is 0 Å². The van der Waals surface area contributed by atoms with E-state index in [0.717, 1.165) is 0 Å². The summed E-state index contributed by atoms with van der Waals surface area (Å²) >= 11 is 0. The monoisotopic (exact) mass is 195 g/mol. The third-order valence-electron chi connectivity index (χ3n) is 1.02. The number of hydrogen-bond donors (Lipinski definition) is 1. The lowest BCUT2D eigenvalue weighted by Crippen LogP contribution is -2.27. The van der Waals surface area contributed by atoms with Gasteiger partial charge in [0.2, 0.25) is 0 Å². The third kappa shape index (κ3) is 4.60. The molecule has 0 amide bonds. The van der Waals surface area contributed by atoms with Crippen LogP contribution in [0, 0.1) is 5.41 Å². The number of nitrogens with two attached hydrogens (primary N) is 1. The molecule has 0 heterocycles. The standard InChI is InChI=1S/C6H13NO.BrH/c1-6(2,3)5(8)4-7;/h4,7H2,1-3H3;1H. The first-order chi connectivity index (χ1) is 3.48. The SMILES string of the molecule is Br.CC(C)(C)C(=O)CN. The minimum atomic E-state index is -0.255. The summed E-state index contributed by atoms with van der Waals surface area (Å²) in [6.07, 6.45) is 0. The van der Waals surface area contributed by atoms with Gasteiger partial charge in [-0.25, -0.2) is 0 Å². The molecular weight excluding hydrogens is 182 g/mol. The van der Waals surface area contributed by atoms with Gasteiger partial charge in [-0.05, 0) is 0 Å². The zero-order valence-electron chi connectivity index (χ0n) is 6.10. The highest BCUT2D eigenvalue weighted by atomic mass is 79.9. The van der Waals surface area contributed by atoms with E-state index in [-0.39, 0.29) is 34.7 Å². The fourth-order valence-corrected chi connectivity index (χ4v) is 0.306. The molecule has 0 unspecified atom stereocenters. The van der Waals surface area contributed by atoms with Crippen molar-refractivity contribution in [2.24, 2.45) is 11.1 Å². The van der Waals surface area contributed by atoms with E-state index in [0.29, 0.717) is 0 Å². The van der Waals surface area contributed by atoms with Crippen molar-refractivity contribution in [1.82, 2.24) is 0 Å². The summed E-state index contributed by atoms with van der Waals surface area (Å²) in [7, 11) is 0. The Kier molecular flexibility index (Phi) is 5.28. The molecule has 0 spiro atoms. The smallest absolute Gasteiger partial charge is 0.151 e. The maximum atomic E-state index is 10.7. The zero-order chi connectivity index (χ0) is 6.78. The highest BCUT2D eigenvalue weighted by Crippen LogP contribution is 2.12. The molecular formula is C6H14BrNO. The number of carbonyl (C=O) groups excluding carboxylic acids is 1. The highest BCUT2D eigenvalue weighted by molar-refractivity contribution is 8.93. The number of Topliss-reactive ketones (excluding diaryl/α,β-unsaturated/α-hetero) is 1. The van der Waals surface area contributed by atoms with Crippen LogP contribution in [-0.4, -0.2) is 12.3 Å². The van der Waals surface area contributed by atoms with Gasteiger partial charge in [-0.1, -0.05) is 20.8 Å². The van der Waals surface area contributed by atoms with Gasteiger partial charge in [-0.2, -0.15) is 0 Å². The minimum Gasteiger partial charge on any atom is -0.324 e. The summed E-state index contributed by atoms with van der Waals surface area (Å²) in [5.41, 5.74) is 4.85. The number of carbonyl (C=O) groups is 1. The molecule has 0 bridgehead atoms. The lowest BCUT2D eigenvalue weighted by atomic mass is 9.91. The number of halogens is 1. The number of hydrogen-bond acceptors (Lipinski definition) is 2. The summed E-state index contributed by atoms with van der Waals surface area (Å²) in [5, 5.41) is 0. The van der Waals surface area contributed by atoms with Gasteiger partial charge in [0.25, 0.3) is 0 Å². The van der Waals surface area contributed by atoms with Crippen LogP contribution in [0.1, 0.15) is 20.8 Å². The van der Waals surface area contributed by atoms with E-state index in [9.17, 15) is 4.79 Å². The van der Waals surface area contributed by atoms with Crippen LogP contribution in [0.2, 0.25) is 0 Å². The van der Waals surface area contributed by atoms with Gasteiger partial charge in [-0.3, -0.25) is 4.79 Å². The first-order valence-electron chi connectivity index (χ1n) is 2.72. The van der Waals surface area contributed by atoms with Gasteiger partial charge in [0.15, 0.2) is 5.78 Å². The summed E-state index contributed by atoms with van der Waals surface area (Å²) in [4.78, 5) is 10.7. The van der Waals surface area contributed by atoms with Crippen molar-refractivity contribution in [3.63, 3.8) is 0 Å². The minimum absolute atomic E-state index is 0. The summed E-state index contributed by atoms with van der Waals surface area (Å²) in [6, 6.07) is 0. The molecule has 2 N–H and O–H groups in total. The lowest BCUT2D eigenvalue weighted by Gasteiger charge is -2.13. The molecule has 3 heteroatoms. The Bertz CT molecular complexity index is 95.7. The largest absolute Gasteiger partial charge is 0.324 e. The molecule has 9 heavy (non-hydrogen) atoms.